The van der Waals surface area contributed by atoms with Crippen LogP contribution in [0, 0.1) is 5.92 Å². The van der Waals surface area contributed by atoms with E-state index in [0.29, 0.717) is 6.04 Å². The third kappa shape index (κ3) is 4.06. The van der Waals surface area contributed by atoms with Crippen LogP contribution < -0.4 is 5.32 Å². The Labute approximate surface area is 128 Å². The molecule has 1 aliphatic carbocycles. The van der Waals surface area contributed by atoms with Gasteiger partial charge < -0.3 is 10.1 Å². The van der Waals surface area contributed by atoms with E-state index in [4.69, 9.17) is 4.74 Å². The molecule has 3 nitrogen and oxygen atoms in total. The molecule has 1 aliphatic heterocycles. The van der Waals surface area contributed by atoms with E-state index in [0.717, 1.165) is 18.6 Å². The summed E-state index contributed by atoms with van der Waals surface area (Å²) >= 11 is 0. The molecule has 0 spiro atoms. The molecule has 1 N–H and O–H groups in total. The van der Waals surface area contributed by atoms with Crippen molar-refractivity contribution in [2.24, 2.45) is 5.92 Å². The highest BCUT2D eigenvalue weighted by molar-refractivity contribution is 5.20. The number of ether oxygens (including phenoxy) is 1. The van der Waals surface area contributed by atoms with E-state index in [9.17, 15) is 0 Å². The van der Waals surface area contributed by atoms with Gasteiger partial charge in [-0.2, -0.15) is 0 Å². The lowest BCUT2D eigenvalue weighted by Gasteiger charge is -2.36. The van der Waals surface area contributed by atoms with Crippen LogP contribution in [-0.2, 0) is 4.74 Å². The van der Waals surface area contributed by atoms with Crippen molar-refractivity contribution in [3.8, 4) is 0 Å². The van der Waals surface area contributed by atoms with Crippen LogP contribution in [0.1, 0.15) is 37.3 Å². The Morgan fingerprint density at radius 3 is 2.67 bits per heavy atom. The van der Waals surface area contributed by atoms with Crippen LogP contribution in [0.2, 0.25) is 0 Å². The number of nitrogens with zero attached hydrogens (tertiary/aromatic N) is 1. The van der Waals surface area contributed by atoms with Crippen LogP contribution in [-0.4, -0.2) is 44.3 Å². The van der Waals surface area contributed by atoms with E-state index in [1.54, 1.807) is 0 Å². The number of piperidine rings is 1. The molecule has 3 heteroatoms. The maximum absolute atomic E-state index is 5.55. The fourth-order valence-corrected chi connectivity index (χ4v) is 3.53. The van der Waals surface area contributed by atoms with Gasteiger partial charge >= 0.3 is 0 Å². The smallest absolute Gasteiger partial charge is 0.0659 e. The van der Waals surface area contributed by atoms with E-state index in [1.807, 2.05) is 7.11 Å². The molecular formula is C18H28N2O. The number of hydrogen-bond acceptors (Lipinski definition) is 3. The molecule has 21 heavy (non-hydrogen) atoms. The van der Waals surface area contributed by atoms with E-state index < -0.39 is 0 Å². The minimum Gasteiger partial charge on any atom is -0.383 e. The molecule has 0 bridgehead atoms. The van der Waals surface area contributed by atoms with Crippen LogP contribution in [0.4, 0.5) is 0 Å². The molecule has 116 valence electrons. The molecule has 1 saturated carbocycles. The summed E-state index contributed by atoms with van der Waals surface area (Å²) in [5, 5.41) is 3.55. The number of methoxy groups -OCH3 is 1. The summed E-state index contributed by atoms with van der Waals surface area (Å²) in [6.07, 6.45) is 5.40. The van der Waals surface area contributed by atoms with Gasteiger partial charge in [-0.05, 0) is 50.3 Å². The van der Waals surface area contributed by atoms with Crippen molar-refractivity contribution in [1.29, 1.82) is 0 Å². The second kappa shape index (κ2) is 7.39. The minimum atomic E-state index is 0.408. The van der Waals surface area contributed by atoms with Gasteiger partial charge in [0.25, 0.3) is 0 Å². The zero-order valence-corrected chi connectivity index (χ0v) is 13.1. The van der Waals surface area contributed by atoms with Crippen LogP contribution >= 0.6 is 0 Å². The summed E-state index contributed by atoms with van der Waals surface area (Å²) in [6.45, 7) is 4.37. The Hall–Kier alpha value is -0.900. The van der Waals surface area contributed by atoms with Crippen molar-refractivity contribution in [2.75, 3.05) is 33.4 Å². The first-order valence-corrected chi connectivity index (χ1v) is 8.39. The van der Waals surface area contributed by atoms with Crippen molar-refractivity contribution in [1.82, 2.24) is 10.2 Å². The van der Waals surface area contributed by atoms with Crippen molar-refractivity contribution in [2.45, 2.75) is 37.8 Å². The van der Waals surface area contributed by atoms with Crippen molar-refractivity contribution < 1.29 is 4.74 Å². The first-order valence-electron chi connectivity index (χ1n) is 8.39. The molecule has 1 aromatic rings. The lowest BCUT2D eigenvalue weighted by atomic mass is 9.97. The molecule has 2 atom stereocenters. The maximum atomic E-state index is 5.55. The molecule has 3 rings (SSSR count). The quantitative estimate of drug-likeness (QED) is 0.835. The van der Waals surface area contributed by atoms with Gasteiger partial charge in [0.15, 0.2) is 0 Å². The van der Waals surface area contributed by atoms with Crippen LogP contribution in [0.5, 0.6) is 0 Å². The average Bonchev–Trinajstić information content (AvgIpc) is 3.37. The van der Waals surface area contributed by atoms with Gasteiger partial charge in [0.05, 0.1) is 12.6 Å². The molecule has 2 unspecified atom stereocenters. The molecule has 2 fully saturated rings. The molecule has 1 aromatic carbocycles. The Morgan fingerprint density at radius 1 is 1.24 bits per heavy atom. The van der Waals surface area contributed by atoms with Gasteiger partial charge in [0, 0.05) is 19.7 Å². The Morgan fingerprint density at radius 2 is 2.05 bits per heavy atom. The second-order valence-electron chi connectivity index (χ2n) is 6.52. The lowest BCUT2D eigenvalue weighted by Crippen LogP contribution is -2.42. The van der Waals surface area contributed by atoms with Crippen LogP contribution in [0.3, 0.4) is 0 Å². The number of nitrogens with one attached hydrogen (secondary N) is 1. The average molecular weight is 288 g/mol. The fraction of sp³-hybridized carbons (Fsp3) is 0.667. The number of benzene rings is 1. The van der Waals surface area contributed by atoms with E-state index >= 15 is 0 Å². The summed E-state index contributed by atoms with van der Waals surface area (Å²) in [5.74, 6) is 0.794. The summed E-state index contributed by atoms with van der Waals surface area (Å²) in [5.41, 5.74) is 1.40. The topological polar surface area (TPSA) is 24.5 Å². The molecule has 2 aliphatic rings. The highest BCUT2D eigenvalue weighted by Crippen LogP contribution is 2.35. The highest BCUT2D eigenvalue weighted by Gasteiger charge is 2.36. The van der Waals surface area contributed by atoms with Crippen LogP contribution in [0.25, 0.3) is 0 Å². The third-order valence-corrected chi connectivity index (χ3v) is 4.79. The highest BCUT2D eigenvalue weighted by atomic mass is 16.5. The van der Waals surface area contributed by atoms with Crippen molar-refractivity contribution >= 4 is 0 Å². The monoisotopic (exact) mass is 288 g/mol. The van der Waals surface area contributed by atoms with E-state index in [-0.39, 0.29) is 0 Å². The predicted octanol–water partition coefficient (Wildman–Crippen LogP) is 2.84. The number of rotatable bonds is 7. The Balaban J connectivity index is 1.73. The summed E-state index contributed by atoms with van der Waals surface area (Å²) in [6, 6.07) is 12.1. The minimum absolute atomic E-state index is 0.408. The molecule has 0 aromatic heterocycles. The predicted molar refractivity (Wildman–Crippen MR) is 86.4 cm³/mol. The molecule has 0 radical (unpaired) electrons. The summed E-state index contributed by atoms with van der Waals surface area (Å²) in [7, 11) is 1.82. The van der Waals surface area contributed by atoms with Gasteiger partial charge in [-0.3, -0.25) is 4.90 Å². The largest absolute Gasteiger partial charge is 0.383 e. The Kier molecular flexibility index (Phi) is 5.28. The van der Waals surface area contributed by atoms with Crippen molar-refractivity contribution in [3.05, 3.63) is 35.9 Å². The zero-order valence-electron chi connectivity index (χ0n) is 13.1. The lowest BCUT2D eigenvalue weighted by molar-refractivity contribution is 0.0691. The first kappa shape index (κ1) is 15.0. The Bertz CT molecular complexity index is 412. The summed E-state index contributed by atoms with van der Waals surface area (Å²) in [4.78, 5) is 2.72. The van der Waals surface area contributed by atoms with Gasteiger partial charge in [-0.1, -0.05) is 30.3 Å². The molecule has 1 saturated heterocycles. The van der Waals surface area contributed by atoms with Gasteiger partial charge in [0.1, 0.15) is 0 Å². The van der Waals surface area contributed by atoms with E-state index in [1.165, 1.54) is 50.9 Å². The first-order chi connectivity index (χ1) is 10.4. The summed E-state index contributed by atoms with van der Waals surface area (Å²) < 4.78 is 5.55. The molecular weight excluding hydrogens is 260 g/mol. The number of hydrogen-bond donors (Lipinski definition) is 1. The standard InChI is InChI=1S/C18H28N2O/c1-21-14-18(16-7-3-2-4-8-16)20(17-9-10-17)13-15-6-5-11-19-12-15/h2-4,7-8,15,17-19H,5-6,9-14H2,1H3. The van der Waals surface area contributed by atoms with Crippen LogP contribution in [0.15, 0.2) is 30.3 Å². The normalized spacial score (nSPS) is 24.2. The molecule has 0 amide bonds. The second-order valence-corrected chi connectivity index (χ2v) is 6.52. The maximum Gasteiger partial charge on any atom is 0.0659 e. The SMILES string of the molecule is COCC(c1ccccc1)N(CC1CCCNC1)C1CC1. The van der Waals surface area contributed by atoms with Gasteiger partial charge in [-0.25, -0.2) is 0 Å². The van der Waals surface area contributed by atoms with E-state index in [2.05, 4.69) is 40.5 Å². The molecule has 1 heterocycles. The third-order valence-electron chi connectivity index (χ3n) is 4.79. The zero-order chi connectivity index (χ0) is 14.5. The fourth-order valence-electron chi connectivity index (χ4n) is 3.53. The van der Waals surface area contributed by atoms with Gasteiger partial charge in [0.2, 0.25) is 0 Å². The van der Waals surface area contributed by atoms with Crippen molar-refractivity contribution in [3.63, 3.8) is 0 Å². The van der Waals surface area contributed by atoms with Gasteiger partial charge in [-0.15, -0.1) is 0 Å².